The standard InChI is InChI=1S/C18H13NO3/c20-14(11-10-13-6-2-1-3-7-13)12-16-18(21)22-17-9-5-4-8-15(17)19-16/h1-12,20H/b11-10+,14-12-. The molecule has 0 fully saturated rings. The minimum absolute atomic E-state index is 0.0638. The van der Waals surface area contributed by atoms with Gasteiger partial charge in [0.05, 0.1) is 0 Å². The quantitative estimate of drug-likeness (QED) is 0.589. The minimum Gasteiger partial charge on any atom is -0.508 e. The molecule has 0 radical (unpaired) electrons. The lowest BCUT2D eigenvalue weighted by Gasteiger charge is -1.97. The molecule has 4 heteroatoms. The molecule has 1 aromatic heterocycles. The number of rotatable bonds is 3. The lowest BCUT2D eigenvalue weighted by Crippen LogP contribution is -2.06. The van der Waals surface area contributed by atoms with Gasteiger partial charge in [-0.25, -0.2) is 9.78 Å². The maximum atomic E-state index is 11.8. The summed E-state index contributed by atoms with van der Waals surface area (Å²) in [6, 6.07) is 16.5. The fraction of sp³-hybridized carbons (Fsp3) is 0. The molecule has 0 saturated heterocycles. The van der Waals surface area contributed by atoms with Crippen LogP contribution in [0, 0.1) is 0 Å². The van der Waals surface area contributed by atoms with E-state index >= 15 is 0 Å². The van der Waals surface area contributed by atoms with Gasteiger partial charge in [0, 0.05) is 6.08 Å². The zero-order chi connectivity index (χ0) is 15.4. The fourth-order valence-electron chi connectivity index (χ4n) is 1.99. The average Bonchev–Trinajstić information content (AvgIpc) is 2.55. The molecule has 3 aromatic rings. The normalized spacial score (nSPS) is 12.1. The second kappa shape index (κ2) is 6.10. The monoisotopic (exact) mass is 291 g/mol. The molecule has 22 heavy (non-hydrogen) atoms. The van der Waals surface area contributed by atoms with Gasteiger partial charge >= 0.3 is 5.63 Å². The van der Waals surface area contributed by atoms with Crippen LogP contribution < -0.4 is 5.63 Å². The summed E-state index contributed by atoms with van der Waals surface area (Å²) in [5, 5.41) is 9.91. The highest BCUT2D eigenvalue weighted by Gasteiger charge is 2.04. The van der Waals surface area contributed by atoms with Crippen molar-refractivity contribution in [1.29, 1.82) is 0 Å². The number of benzene rings is 2. The van der Waals surface area contributed by atoms with Gasteiger partial charge in [-0.3, -0.25) is 0 Å². The van der Waals surface area contributed by atoms with Gasteiger partial charge in [-0.2, -0.15) is 0 Å². The van der Waals surface area contributed by atoms with E-state index in [1.807, 2.05) is 30.3 Å². The predicted molar refractivity (Wildman–Crippen MR) is 86.4 cm³/mol. The third-order valence-corrected chi connectivity index (χ3v) is 3.05. The average molecular weight is 291 g/mol. The summed E-state index contributed by atoms with van der Waals surface area (Å²) in [6.45, 7) is 0. The maximum Gasteiger partial charge on any atom is 0.362 e. The van der Waals surface area contributed by atoms with E-state index in [2.05, 4.69) is 4.98 Å². The maximum absolute atomic E-state index is 11.8. The van der Waals surface area contributed by atoms with E-state index in [4.69, 9.17) is 4.42 Å². The minimum atomic E-state index is -0.585. The molecule has 3 rings (SSSR count). The Hall–Kier alpha value is -3.14. The molecule has 2 aromatic carbocycles. The Kier molecular flexibility index (Phi) is 3.83. The van der Waals surface area contributed by atoms with E-state index in [-0.39, 0.29) is 11.5 Å². The molecule has 4 nitrogen and oxygen atoms in total. The van der Waals surface area contributed by atoms with Crippen molar-refractivity contribution in [2.45, 2.75) is 0 Å². The second-order valence-electron chi connectivity index (χ2n) is 4.67. The summed E-state index contributed by atoms with van der Waals surface area (Å²) in [5.41, 5.74) is 1.41. The number of hydrogen-bond donors (Lipinski definition) is 1. The number of hydrogen-bond acceptors (Lipinski definition) is 4. The Morgan fingerprint density at radius 1 is 1.05 bits per heavy atom. The summed E-state index contributed by atoms with van der Waals surface area (Å²) < 4.78 is 5.16. The molecule has 0 aliphatic heterocycles. The fourth-order valence-corrected chi connectivity index (χ4v) is 1.99. The first-order valence-electron chi connectivity index (χ1n) is 6.76. The van der Waals surface area contributed by atoms with E-state index < -0.39 is 5.63 Å². The van der Waals surface area contributed by atoms with Crippen molar-refractivity contribution < 1.29 is 9.52 Å². The van der Waals surface area contributed by atoms with Gasteiger partial charge in [-0.1, -0.05) is 48.5 Å². The van der Waals surface area contributed by atoms with Gasteiger partial charge in [-0.15, -0.1) is 0 Å². The number of aliphatic hydroxyl groups excluding tert-OH is 1. The number of aromatic nitrogens is 1. The number of para-hydroxylation sites is 2. The topological polar surface area (TPSA) is 63.3 Å². The van der Waals surface area contributed by atoms with Crippen LogP contribution in [0.1, 0.15) is 11.3 Å². The number of allylic oxidation sites excluding steroid dienone is 1. The molecule has 0 aliphatic carbocycles. The summed E-state index contributed by atoms with van der Waals surface area (Å²) in [7, 11) is 0. The lowest BCUT2D eigenvalue weighted by atomic mass is 10.2. The van der Waals surface area contributed by atoms with Crippen LogP contribution in [-0.2, 0) is 0 Å². The molecule has 0 saturated carbocycles. The highest BCUT2D eigenvalue weighted by Crippen LogP contribution is 2.11. The van der Waals surface area contributed by atoms with Crippen LogP contribution in [-0.4, -0.2) is 10.1 Å². The Bertz CT molecular complexity index is 908. The van der Waals surface area contributed by atoms with Crippen LogP contribution in [0.3, 0.4) is 0 Å². The van der Waals surface area contributed by atoms with Gasteiger partial charge < -0.3 is 9.52 Å². The molecular weight excluding hydrogens is 278 g/mol. The smallest absolute Gasteiger partial charge is 0.362 e. The summed E-state index contributed by atoms with van der Waals surface area (Å²) >= 11 is 0. The molecule has 1 heterocycles. The van der Waals surface area contributed by atoms with E-state index in [1.54, 1.807) is 30.3 Å². The number of nitrogens with zero attached hydrogens (tertiary/aromatic N) is 1. The van der Waals surface area contributed by atoms with E-state index in [0.29, 0.717) is 11.1 Å². The van der Waals surface area contributed by atoms with Crippen LogP contribution in [0.15, 0.2) is 75.6 Å². The van der Waals surface area contributed by atoms with E-state index in [0.717, 1.165) is 5.56 Å². The van der Waals surface area contributed by atoms with E-state index in [9.17, 15) is 9.90 Å². The number of fused-ring (bicyclic) bond motifs is 1. The van der Waals surface area contributed by atoms with Gasteiger partial charge in [0.2, 0.25) is 0 Å². The predicted octanol–water partition coefficient (Wildman–Crippen LogP) is 3.80. The lowest BCUT2D eigenvalue weighted by molar-refractivity contribution is 0.437. The van der Waals surface area contributed by atoms with Gasteiger partial charge in [0.25, 0.3) is 0 Å². The molecule has 0 amide bonds. The molecule has 0 bridgehead atoms. The third kappa shape index (κ3) is 3.12. The van der Waals surface area contributed by atoms with Crippen LogP contribution in [0.2, 0.25) is 0 Å². The molecular formula is C18H13NO3. The Morgan fingerprint density at radius 3 is 2.59 bits per heavy atom. The summed E-state index contributed by atoms with van der Waals surface area (Å²) in [5.74, 6) is -0.0704. The molecule has 0 aliphatic rings. The van der Waals surface area contributed by atoms with Crippen molar-refractivity contribution in [3.8, 4) is 0 Å². The van der Waals surface area contributed by atoms with Crippen LogP contribution >= 0.6 is 0 Å². The first-order chi connectivity index (χ1) is 10.7. The highest BCUT2D eigenvalue weighted by molar-refractivity contribution is 5.72. The molecule has 0 atom stereocenters. The zero-order valence-electron chi connectivity index (χ0n) is 11.6. The van der Waals surface area contributed by atoms with Gasteiger partial charge in [-0.05, 0) is 23.8 Å². The first kappa shape index (κ1) is 13.8. The second-order valence-corrected chi connectivity index (χ2v) is 4.67. The zero-order valence-corrected chi connectivity index (χ0v) is 11.6. The van der Waals surface area contributed by atoms with Crippen molar-refractivity contribution in [2.75, 3.05) is 0 Å². The van der Waals surface area contributed by atoms with E-state index in [1.165, 1.54) is 12.2 Å². The highest BCUT2D eigenvalue weighted by atomic mass is 16.4. The SMILES string of the molecule is O=c1oc2ccccc2nc1/C=C(O)/C=C/c1ccccc1. The molecule has 108 valence electrons. The summed E-state index contributed by atoms with van der Waals surface area (Å²) in [4.78, 5) is 16.0. The largest absolute Gasteiger partial charge is 0.508 e. The van der Waals surface area contributed by atoms with Crippen LogP contribution in [0.4, 0.5) is 0 Å². The Balaban J connectivity index is 1.92. The van der Waals surface area contributed by atoms with Gasteiger partial charge in [0.1, 0.15) is 11.3 Å². The molecule has 0 unspecified atom stereocenters. The summed E-state index contributed by atoms with van der Waals surface area (Å²) in [6.07, 6.45) is 4.54. The molecule has 1 N–H and O–H groups in total. The van der Waals surface area contributed by atoms with Crippen molar-refractivity contribution in [1.82, 2.24) is 4.98 Å². The van der Waals surface area contributed by atoms with Crippen molar-refractivity contribution in [2.24, 2.45) is 0 Å². The van der Waals surface area contributed by atoms with Crippen LogP contribution in [0.25, 0.3) is 23.3 Å². The van der Waals surface area contributed by atoms with Crippen molar-refractivity contribution in [3.63, 3.8) is 0 Å². The molecule has 0 spiro atoms. The third-order valence-electron chi connectivity index (χ3n) is 3.05. The van der Waals surface area contributed by atoms with Crippen molar-refractivity contribution in [3.05, 3.63) is 88.1 Å². The van der Waals surface area contributed by atoms with Crippen molar-refractivity contribution >= 4 is 23.3 Å². The van der Waals surface area contributed by atoms with Crippen LogP contribution in [0.5, 0.6) is 0 Å². The Morgan fingerprint density at radius 2 is 1.77 bits per heavy atom. The van der Waals surface area contributed by atoms with Gasteiger partial charge in [0.15, 0.2) is 11.3 Å². The number of aliphatic hydroxyl groups is 1. The first-order valence-corrected chi connectivity index (χ1v) is 6.76. The Labute approximate surface area is 126 Å².